The van der Waals surface area contributed by atoms with Gasteiger partial charge in [0.1, 0.15) is 0 Å². The van der Waals surface area contributed by atoms with Crippen molar-refractivity contribution in [2.75, 3.05) is 20.1 Å². The van der Waals surface area contributed by atoms with Gasteiger partial charge < -0.3 is 10.6 Å². The quantitative estimate of drug-likeness (QED) is 0.509. The Bertz CT molecular complexity index is 541. The van der Waals surface area contributed by atoms with Gasteiger partial charge in [0.05, 0.1) is 0 Å². The lowest BCUT2D eigenvalue weighted by atomic mass is 10.1. The Labute approximate surface area is 137 Å². The van der Waals surface area contributed by atoms with Gasteiger partial charge >= 0.3 is 0 Å². The van der Waals surface area contributed by atoms with Crippen LogP contribution >= 0.6 is 11.3 Å². The highest BCUT2D eigenvalue weighted by Crippen LogP contribution is 2.24. The molecule has 120 valence electrons. The Balaban J connectivity index is 1.46. The third kappa shape index (κ3) is 3.70. The van der Waals surface area contributed by atoms with Crippen LogP contribution in [0.25, 0.3) is 0 Å². The van der Waals surface area contributed by atoms with E-state index >= 15 is 0 Å². The van der Waals surface area contributed by atoms with Gasteiger partial charge in [-0.15, -0.1) is 11.3 Å². The van der Waals surface area contributed by atoms with Gasteiger partial charge in [0.25, 0.3) is 0 Å². The van der Waals surface area contributed by atoms with E-state index in [-0.39, 0.29) is 0 Å². The molecular weight excluding hydrogens is 292 g/mol. The van der Waals surface area contributed by atoms with E-state index in [0.29, 0.717) is 12.1 Å². The molecule has 0 fully saturated rings. The van der Waals surface area contributed by atoms with Crippen LogP contribution < -0.4 is 10.6 Å². The van der Waals surface area contributed by atoms with Gasteiger partial charge in [-0.1, -0.05) is 12.2 Å². The maximum Gasteiger partial charge on any atom is 0.191 e. The minimum atomic E-state index is 0.504. The van der Waals surface area contributed by atoms with E-state index in [1.807, 2.05) is 18.4 Å². The Morgan fingerprint density at radius 2 is 2.27 bits per heavy atom. The summed E-state index contributed by atoms with van der Waals surface area (Å²) in [5.74, 6) is 0.925. The first-order chi connectivity index (χ1) is 10.8. The van der Waals surface area contributed by atoms with Crippen LogP contribution in [-0.4, -0.2) is 43.1 Å². The second-order valence-electron chi connectivity index (χ2n) is 6.18. The Morgan fingerprint density at radius 3 is 3.05 bits per heavy atom. The van der Waals surface area contributed by atoms with Crippen molar-refractivity contribution in [1.82, 2.24) is 15.5 Å². The predicted octanol–water partition coefficient (Wildman–Crippen LogP) is 2.38. The average molecular weight is 318 g/mol. The molecular formula is C17H26N4S. The Morgan fingerprint density at radius 1 is 1.45 bits per heavy atom. The molecule has 0 radical (unpaired) electrons. The van der Waals surface area contributed by atoms with Crippen molar-refractivity contribution in [2.45, 2.75) is 44.8 Å². The van der Waals surface area contributed by atoms with Crippen molar-refractivity contribution in [3.05, 3.63) is 34.0 Å². The monoisotopic (exact) mass is 318 g/mol. The number of nitrogens with one attached hydrogen (secondary N) is 2. The molecule has 0 spiro atoms. The van der Waals surface area contributed by atoms with Gasteiger partial charge in [-0.05, 0) is 43.2 Å². The summed E-state index contributed by atoms with van der Waals surface area (Å²) in [6.45, 7) is 5.48. The minimum Gasteiger partial charge on any atom is -0.355 e. The number of nitrogens with zero attached hydrogens (tertiary/aromatic N) is 2. The molecule has 2 N–H and O–H groups in total. The van der Waals surface area contributed by atoms with Gasteiger partial charge in [0.15, 0.2) is 5.96 Å². The van der Waals surface area contributed by atoms with E-state index in [9.17, 15) is 0 Å². The fourth-order valence-electron chi connectivity index (χ4n) is 3.14. The van der Waals surface area contributed by atoms with Crippen molar-refractivity contribution in [1.29, 1.82) is 0 Å². The molecule has 3 rings (SSSR count). The normalized spacial score (nSPS) is 20.9. The van der Waals surface area contributed by atoms with Gasteiger partial charge in [-0.25, -0.2) is 0 Å². The van der Waals surface area contributed by atoms with E-state index in [1.54, 1.807) is 4.88 Å². The van der Waals surface area contributed by atoms with Crippen molar-refractivity contribution >= 4 is 17.3 Å². The number of thiophene rings is 1. The first kappa shape index (κ1) is 15.6. The lowest BCUT2D eigenvalue weighted by Crippen LogP contribution is -2.48. The molecule has 5 heteroatoms. The third-order valence-corrected chi connectivity index (χ3v) is 5.62. The van der Waals surface area contributed by atoms with Gasteiger partial charge in [0.2, 0.25) is 0 Å². The maximum absolute atomic E-state index is 4.35. The van der Waals surface area contributed by atoms with E-state index in [0.717, 1.165) is 38.4 Å². The molecule has 1 unspecified atom stereocenters. The molecule has 0 saturated heterocycles. The first-order valence-corrected chi connectivity index (χ1v) is 9.05. The zero-order valence-corrected chi connectivity index (χ0v) is 14.3. The standard InChI is InChI=1S/C17H26N4S/c1-13(21-9-7-16-14(12-21)8-10-22-16)11-19-17(18-2)20-15-5-3-4-6-15/h3-4,8,10,13,15H,5-7,9,11-12H2,1-2H3,(H2,18,19,20). The van der Waals surface area contributed by atoms with Crippen LogP contribution in [0.5, 0.6) is 0 Å². The molecule has 22 heavy (non-hydrogen) atoms. The number of hydrogen-bond acceptors (Lipinski definition) is 3. The zero-order chi connectivity index (χ0) is 15.4. The molecule has 0 saturated carbocycles. The predicted molar refractivity (Wildman–Crippen MR) is 94.6 cm³/mol. The third-order valence-electron chi connectivity index (χ3n) is 4.60. The minimum absolute atomic E-state index is 0.504. The summed E-state index contributed by atoms with van der Waals surface area (Å²) in [7, 11) is 1.85. The molecule has 1 aromatic rings. The van der Waals surface area contributed by atoms with Crippen LogP contribution in [0.4, 0.5) is 0 Å². The molecule has 4 nitrogen and oxygen atoms in total. The largest absolute Gasteiger partial charge is 0.355 e. The lowest BCUT2D eigenvalue weighted by molar-refractivity contribution is 0.192. The van der Waals surface area contributed by atoms with Gasteiger partial charge in [-0.2, -0.15) is 0 Å². The van der Waals surface area contributed by atoms with Crippen molar-refractivity contribution < 1.29 is 0 Å². The summed E-state index contributed by atoms with van der Waals surface area (Å²) in [6, 6.07) is 3.29. The van der Waals surface area contributed by atoms with E-state index in [2.05, 4.69) is 51.0 Å². The Kier molecular flexibility index (Phi) is 5.16. The summed E-state index contributed by atoms with van der Waals surface area (Å²) in [6.07, 6.45) is 7.87. The van der Waals surface area contributed by atoms with Crippen molar-refractivity contribution in [2.24, 2.45) is 4.99 Å². The summed E-state index contributed by atoms with van der Waals surface area (Å²) < 4.78 is 0. The number of hydrogen-bond donors (Lipinski definition) is 2. The molecule has 2 aliphatic rings. The highest BCUT2D eigenvalue weighted by molar-refractivity contribution is 7.10. The maximum atomic E-state index is 4.35. The lowest BCUT2D eigenvalue weighted by Gasteiger charge is -2.33. The molecule has 1 aromatic heterocycles. The van der Waals surface area contributed by atoms with Crippen LogP contribution in [0, 0.1) is 0 Å². The van der Waals surface area contributed by atoms with E-state index in [4.69, 9.17) is 0 Å². The van der Waals surface area contributed by atoms with Gasteiger partial charge in [0, 0.05) is 43.6 Å². The number of rotatable bonds is 4. The second kappa shape index (κ2) is 7.29. The van der Waals surface area contributed by atoms with Crippen molar-refractivity contribution in [3.8, 4) is 0 Å². The summed E-state index contributed by atoms with van der Waals surface area (Å²) in [5, 5.41) is 9.20. The molecule has 1 aliphatic carbocycles. The van der Waals surface area contributed by atoms with Crippen LogP contribution in [0.1, 0.15) is 30.2 Å². The van der Waals surface area contributed by atoms with Gasteiger partial charge in [-0.3, -0.25) is 9.89 Å². The SMILES string of the molecule is CN=C(NCC(C)N1CCc2sccc2C1)NC1CC=CC1. The van der Waals surface area contributed by atoms with Crippen molar-refractivity contribution in [3.63, 3.8) is 0 Å². The molecule has 0 amide bonds. The second-order valence-corrected chi connectivity index (χ2v) is 7.18. The first-order valence-electron chi connectivity index (χ1n) is 8.17. The van der Waals surface area contributed by atoms with Crippen LogP contribution in [-0.2, 0) is 13.0 Å². The summed E-state index contributed by atoms with van der Waals surface area (Å²) in [4.78, 5) is 8.48. The molecule has 0 bridgehead atoms. The topological polar surface area (TPSA) is 39.7 Å². The highest BCUT2D eigenvalue weighted by atomic mass is 32.1. The molecule has 2 heterocycles. The summed E-state index contributed by atoms with van der Waals surface area (Å²) >= 11 is 1.90. The van der Waals surface area contributed by atoms with Crippen LogP contribution in [0.15, 0.2) is 28.6 Å². The number of guanidine groups is 1. The average Bonchev–Trinajstić information content (AvgIpc) is 3.21. The Hall–Kier alpha value is -1.33. The fourth-order valence-corrected chi connectivity index (χ4v) is 4.03. The number of aliphatic imine (C=N–C) groups is 1. The van der Waals surface area contributed by atoms with Crippen LogP contribution in [0.2, 0.25) is 0 Å². The van der Waals surface area contributed by atoms with Crippen LogP contribution in [0.3, 0.4) is 0 Å². The highest BCUT2D eigenvalue weighted by Gasteiger charge is 2.21. The molecule has 1 aliphatic heterocycles. The van der Waals surface area contributed by atoms with E-state index in [1.165, 1.54) is 12.0 Å². The van der Waals surface area contributed by atoms with E-state index < -0.39 is 0 Å². The molecule has 1 atom stereocenters. The number of fused-ring (bicyclic) bond motifs is 1. The smallest absolute Gasteiger partial charge is 0.191 e. The zero-order valence-electron chi connectivity index (χ0n) is 13.5. The molecule has 0 aromatic carbocycles. The fraction of sp³-hybridized carbons (Fsp3) is 0.588. The summed E-state index contributed by atoms with van der Waals surface area (Å²) in [5.41, 5.74) is 1.52.